The van der Waals surface area contributed by atoms with Crippen LogP contribution < -0.4 is 5.73 Å². The summed E-state index contributed by atoms with van der Waals surface area (Å²) in [5.41, 5.74) is 5.43. The number of rotatable bonds is 0. The van der Waals surface area contributed by atoms with Crippen LogP contribution in [-0.2, 0) is 9.84 Å². The minimum absolute atomic E-state index is 0.0648. The highest BCUT2D eigenvalue weighted by Gasteiger charge is 2.41. The SMILES string of the molecule is NC1=N[C@@H]2CS(=O)(=O)C[C@H]2S1. The molecule has 6 heteroatoms. The topological polar surface area (TPSA) is 72.5 Å². The van der Waals surface area contributed by atoms with Gasteiger partial charge in [0.1, 0.15) is 0 Å². The number of thioether (sulfide) groups is 1. The Balaban J connectivity index is 2.26. The second-order valence-corrected chi connectivity index (χ2v) is 6.18. The lowest BCUT2D eigenvalue weighted by atomic mass is 10.3. The summed E-state index contributed by atoms with van der Waals surface area (Å²) in [6.45, 7) is 0. The Labute approximate surface area is 69.2 Å². The summed E-state index contributed by atoms with van der Waals surface area (Å²) in [5, 5.41) is 0.634. The summed E-state index contributed by atoms with van der Waals surface area (Å²) in [5.74, 6) is 0.428. The highest BCUT2D eigenvalue weighted by Crippen LogP contribution is 2.32. The Kier molecular flexibility index (Phi) is 1.44. The molecule has 4 nitrogen and oxygen atoms in total. The summed E-state index contributed by atoms with van der Waals surface area (Å²) >= 11 is 1.39. The van der Waals surface area contributed by atoms with Crippen LogP contribution in [0.25, 0.3) is 0 Å². The molecule has 0 spiro atoms. The Bertz CT molecular complexity index is 308. The number of nitrogens with zero attached hydrogens (tertiary/aromatic N) is 1. The van der Waals surface area contributed by atoms with Crippen LogP contribution in [0.2, 0.25) is 0 Å². The highest BCUT2D eigenvalue weighted by atomic mass is 32.2. The third-order valence-corrected chi connectivity index (χ3v) is 4.90. The fraction of sp³-hybridized carbons (Fsp3) is 0.800. The molecule has 2 atom stereocenters. The van der Waals surface area contributed by atoms with Crippen molar-refractivity contribution in [2.75, 3.05) is 11.5 Å². The smallest absolute Gasteiger partial charge is 0.154 e. The molecule has 0 bridgehead atoms. The fourth-order valence-electron chi connectivity index (χ4n) is 1.38. The van der Waals surface area contributed by atoms with Crippen LogP contribution in [0.3, 0.4) is 0 Å². The van der Waals surface area contributed by atoms with E-state index in [-0.39, 0.29) is 22.8 Å². The van der Waals surface area contributed by atoms with Crippen molar-refractivity contribution in [3.05, 3.63) is 0 Å². The number of aliphatic imine (C=N–C) groups is 1. The normalized spacial score (nSPS) is 40.2. The molecule has 0 aromatic heterocycles. The molecule has 2 rings (SSSR count). The van der Waals surface area contributed by atoms with Gasteiger partial charge in [-0.25, -0.2) is 8.42 Å². The number of fused-ring (bicyclic) bond motifs is 1. The molecule has 62 valence electrons. The molecule has 2 N–H and O–H groups in total. The van der Waals surface area contributed by atoms with Crippen LogP contribution in [0.15, 0.2) is 4.99 Å². The molecule has 0 aliphatic carbocycles. The molecular weight excluding hydrogens is 184 g/mol. The van der Waals surface area contributed by atoms with Crippen LogP contribution in [0.4, 0.5) is 0 Å². The molecule has 2 aliphatic heterocycles. The van der Waals surface area contributed by atoms with E-state index in [2.05, 4.69) is 4.99 Å². The van der Waals surface area contributed by atoms with Gasteiger partial charge >= 0.3 is 0 Å². The van der Waals surface area contributed by atoms with E-state index >= 15 is 0 Å². The summed E-state index contributed by atoms with van der Waals surface area (Å²) in [6.07, 6.45) is 0. The molecular formula is C5H8N2O2S2. The molecule has 1 fully saturated rings. The first-order valence-electron chi connectivity index (χ1n) is 3.27. The van der Waals surface area contributed by atoms with E-state index in [1.165, 1.54) is 11.8 Å². The third-order valence-electron chi connectivity index (χ3n) is 1.84. The van der Waals surface area contributed by atoms with Crippen molar-refractivity contribution in [3.8, 4) is 0 Å². The van der Waals surface area contributed by atoms with E-state index in [9.17, 15) is 8.42 Å². The summed E-state index contributed by atoms with van der Waals surface area (Å²) in [7, 11) is -2.81. The van der Waals surface area contributed by atoms with Gasteiger partial charge in [0, 0.05) is 5.25 Å². The van der Waals surface area contributed by atoms with E-state index < -0.39 is 9.84 Å². The maximum Gasteiger partial charge on any atom is 0.154 e. The Morgan fingerprint density at radius 2 is 2.27 bits per heavy atom. The summed E-state index contributed by atoms with van der Waals surface area (Å²) in [4.78, 5) is 4.02. The molecule has 0 aromatic rings. The number of hydrogen-bond acceptors (Lipinski definition) is 5. The lowest BCUT2D eigenvalue weighted by molar-refractivity contribution is 0.601. The number of amidine groups is 1. The van der Waals surface area contributed by atoms with Crippen molar-refractivity contribution < 1.29 is 8.42 Å². The first kappa shape index (κ1) is 7.42. The zero-order valence-corrected chi connectivity index (χ0v) is 7.36. The maximum atomic E-state index is 11.0. The second kappa shape index (κ2) is 2.13. The van der Waals surface area contributed by atoms with Gasteiger partial charge in [0.05, 0.1) is 17.5 Å². The zero-order chi connectivity index (χ0) is 8.06. The minimum Gasteiger partial charge on any atom is -0.379 e. The van der Waals surface area contributed by atoms with E-state index in [4.69, 9.17) is 5.73 Å². The molecule has 11 heavy (non-hydrogen) atoms. The lowest BCUT2D eigenvalue weighted by Gasteiger charge is -1.99. The molecule has 0 amide bonds. The summed E-state index contributed by atoms with van der Waals surface area (Å²) < 4.78 is 22.1. The van der Waals surface area contributed by atoms with Crippen molar-refractivity contribution in [1.29, 1.82) is 0 Å². The van der Waals surface area contributed by atoms with Crippen LogP contribution in [0, 0.1) is 0 Å². The molecule has 0 saturated carbocycles. The molecule has 0 radical (unpaired) electrons. The third kappa shape index (κ3) is 1.24. The zero-order valence-electron chi connectivity index (χ0n) is 5.73. The van der Waals surface area contributed by atoms with E-state index in [0.717, 1.165) is 0 Å². The van der Waals surface area contributed by atoms with Crippen molar-refractivity contribution in [2.24, 2.45) is 10.7 Å². The first-order chi connectivity index (χ1) is 5.07. The van der Waals surface area contributed by atoms with Crippen LogP contribution >= 0.6 is 11.8 Å². The highest BCUT2D eigenvalue weighted by molar-refractivity contribution is 8.15. The van der Waals surface area contributed by atoms with Crippen molar-refractivity contribution in [1.82, 2.24) is 0 Å². The van der Waals surface area contributed by atoms with Gasteiger partial charge < -0.3 is 5.73 Å². The monoisotopic (exact) mass is 192 g/mol. The van der Waals surface area contributed by atoms with Gasteiger partial charge in [-0.3, -0.25) is 4.99 Å². The van der Waals surface area contributed by atoms with Crippen molar-refractivity contribution in [3.63, 3.8) is 0 Å². The molecule has 0 unspecified atom stereocenters. The average Bonchev–Trinajstić information content (AvgIpc) is 2.17. The maximum absolute atomic E-state index is 11.0. The largest absolute Gasteiger partial charge is 0.379 e. The van der Waals surface area contributed by atoms with Crippen LogP contribution in [-0.4, -0.2) is 36.4 Å². The quantitative estimate of drug-likeness (QED) is 0.546. The Morgan fingerprint density at radius 3 is 2.91 bits per heavy atom. The minimum atomic E-state index is -2.81. The number of hydrogen-bond donors (Lipinski definition) is 1. The lowest BCUT2D eigenvalue weighted by Crippen LogP contribution is -2.13. The molecule has 0 aromatic carbocycles. The van der Waals surface area contributed by atoms with Gasteiger partial charge in [-0.15, -0.1) is 0 Å². The number of sulfone groups is 1. The molecule has 2 heterocycles. The second-order valence-electron chi connectivity index (χ2n) is 2.77. The average molecular weight is 192 g/mol. The van der Waals surface area contributed by atoms with Gasteiger partial charge in [-0.1, -0.05) is 11.8 Å². The molecule has 2 aliphatic rings. The van der Waals surface area contributed by atoms with Crippen molar-refractivity contribution >= 4 is 26.8 Å². The first-order valence-corrected chi connectivity index (χ1v) is 5.97. The van der Waals surface area contributed by atoms with Crippen LogP contribution in [0.1, 0.15) is 0 Å². The van der Waals surface area contributed by atoms with Gasteiger partial charge in [0.25, 0.3) is 0 Å². The number of nitrogens with two attached hydrogens (primary N) is 1. The predicted molar refractivity (Wildman–Crippen MR) is 45.4 cm³/mol. The van der Waals surface area contributed by atoms with Gasteiger partial charge in [0.2, 0.25) is 0 Å². The standard InChI is InChI=1S/C5H8N2O2S2/c6-5-7-3-1-11(8,9)2-4(3)10-5/h3-4H,1-2H2,(H2,6,7)/t3-,4-/m1/s1. The van der Waals surface area contributed by atoms with Gasteiger partial charge in [-0.2, -0.15) is 0 Å². The fourth-order valence-corrected chi connectivity index (χ4v) is 4.90. The Morgan fingerprint density at radius 1 is 1.55 bits per heavy atom. The van der Waals surface area contributed by atoms with Gasteiger partial charge in [-0.05, 0) is 0 Å². The molecule has 1 saturated heterocycles. The predicted octanol–water partition coefficient (Wildman–Crippen LogP) is -0.786. The van der Waals surface area contributed by atoms with Gasteiger partial charge in [0.15, 0.2) is 15.0 Å². The summed E-state index contributed by atoms with van der Waals surface area (Å²) in [6, 6.07) is -0.0648. The van der Waals surface area contributed by atoms with Crippen molar-refractivity contribution in [2.45, 2.75) is 11.3 Å². The van der Waals surface area contributed by atoms with E-state index in [0.29, 0.717) is 5.17 Å². The van der Waals surface area contributed by atoms with Crippen LogP contribution in [0.5, 0.6) is 0 Å². The van der Waals surface area contributed by atoms with E-state index in [1.807, 2.05) is 0 Å². The van der Waals surface area contributed by atoms with E-state index in [1.54, 1.807) is 0 Å². The Hall–Kier alpha value is -0.230.